The lowest BCUT2D eigenvalue weighted by Crippen LogP contribution is -2.59. The number of nitrogens with one attached hydrogen (secondary N) is 1. The lowest BCUT2D eigenvalue weighted by molar-refractivity contribution is -0.154. The third kappa shape index (κ3) is 3.93. The molecule has 0 radical (unpaired) electrons. The van der Waals surface area contributed by atoms with Crippen LogP contribution in [-0.4, -0.2) is 48.7 Å². The fraction of sp³-hybridized carbons (Fsp3) is 0.933. The quantitative estimate of drug-likeness (QED) is 0.751. The third-order valence-corrected chi connectivity index (χ3v) is 4.30. The second-order valence-electron chi connectivity index (χ2n) is 5.84. The fourth-order valence-corrected chi connectivity index (χ4v) is 3.04. The van der Waals surface area contributed by atoms with Gasteiger partial charge in [-0.05, 0) is 60.0 Å². The van der Waals surface area contributed by atoms with Gasteiger partial charge < -0.3 is 15.0 Å². The maximum absolute atomic E-state index is 12.3. The largest absolute Gasteiger partial charge is 0.465 e. The Morgan fingerprint density at radius 2 is 2.16 bits per heavy atom. The van der Waals surface area contributed by atoms with Crippen molar-refractivity contribution >= 4 is 5.97 Å². The SMILES string of the molecule is CCNC1(C(=O)OCC)CCCC(N(C)C(C)C)C1. The van der Waals surface area contributed by atoms with E-state index in [1.54, 1.807) is 0 Å². The van der Waals surface area contributed by atoms with Gasteiger partial charge in [-0.2, -0.15) is 0 Å². The number of carbonyl (C=O) groups excluding carboxylic acids is 1. The number of hydrogen-bond donors (Lipinski definition) is 1. The van der Waals surface area contributed by atoms with Crippen molar-refractivity contribution in [3.8, 4) is 0 Å². The number of likely N-dealkylation sites (N-methyl/N-ethyl adjacent to an activating group) is 1. The molecule has 1 fully saturated rings. The Labute approximate surface area is 117 Å². The number of esters is 1. The molecular formula is C15H30N2O2. The highest BCUT2D eigenvalue weighted by Gasteiger charge is 2.44. The van der Waals surface area contributed by atoms with Crippen LogP contribution in [0.3, 0.4) is 0 Å². The van der Waals surface area contributed by atoms with Gasteiger partial charge in [-0.1, -0.05) is 6.92 Å². The maximum atomic E-state index is 12.3. The Morgan fingerprint density at radius 1 is 1.47 bits per heavy atom. The van der Waals surface area contributed by atoms with Crippen molar-refractivity contribution in [1.82, 2.24) is 10.2 Å². The molecule has 1 aliphatic carbocycles. The smallest absolute Gasteiger partial charge is 0.326 e. The number of rotatable bonds is 6. The van der Waals surface area contributed by atoms with E-state index in [1.807, 2.05) is 6.92 Å². The number of nitrogens with zero attached hydrogens (tertiary/aromatic N) is 1. The molecule has 0 aromatic rings. The van der Waals surface area contributed by atoms with Gasteiger partial charge in [-0.3, -0.25) is 4.79 Å². The van der Waals surface area contributed by atoms with E-state index in [0.29, 0.717) is 18.7 Å². The average Bonchev–Trinajstić information content (AvgIpc) is 2.38. The highest BCUT2D eigenvalue weighted by molar-refractivity contribution is 5.81. The summed E-state index contributed by atoms with van der Waals surface area (Å²) in [6, 6.07) is 0.960. The molecule has 1 saturated carbocycles. The van der Waals surface area contributed by atoms with Crippen molar-refractivity contribution in [2.75, 3.05) is 20.2 Å². The van der Waals surface area contributed by atoms with Crippen LogP contribution < -0.4 is 5.32 Å². The van der Waals surface area contributed by atoms with E-state index >= 15 is 0 Å². The van der Waals surface area contributed by atoms with Crippen LogP contribution in [0, 0.1) is 0 Å². The summed E-state index contributed by atoms with van der Waals surface area (Å²) in [7, 11) is 2.16. The van der Waals surface area contributed by atoms with Gasteiger partial charge in [0.1, 0.15) is 5.54 Å². The predicted octanol–water partition coefficient (Wildman–Crippen LogP) is 2.18. The summed E-state index contributed by atoms with van der Waals surface area (Å²) in [6.45, 7) is 9.59. The summed E-state index contributed by atoms with van der Waals surface area (Å²) in [4.78, 5) is 14.7. The maximum Gasteiger partial charge on any atom is 0.326 e. The zero-order chi connectivity index (χ0) is 14.5. The molecule has 0 spiro atoms. The summed E-state index contributed by atoms with van der Waals surface area (Å²) in [6.07, 6.45) is 3.99. The zero-order valence-corrected chi connectivity index (χ0v) is 13.2. The van der Waals surface area contributed by atoms with Crippen LogP contribution in [0.5, 0.6) is 0 Å². The third-order valence-electron chi connectivity index (χ3n) is 4.30. The van der Waals surface area contributed by atoms with Crippen LogP contribution in [-0.2, 0) is 9.53 Å². The molecule has 4 heteroatoms. The number of ether oxygens (including phenoxy) is 1. The molecule has 4 nitrogen and oxygen atoms in total. The minimum absolute atomic E-state index is 0.0706. The zero-order valence-electron chi connectivity index (χ0n) is 13.2. The van der Waals surface area contributed by atoms with Gasteiger partial charge in [0.2, 0.25) is 0 Å². The summed E-state index contributed by atoms with van der Waals surface area (Å²) in [5, 5.41) is 3.41. The lowest BCUT2D eigenvalue weighted by Gasteiger charge is -2.43. The molecule has 1 aliphatic rings. The van der Waals surface area contributed by atoms with E-state index in [2.05, 4.69) is 38.0 Å². The second-order valence-corrected chi connectivity index (χ2v) is 5.84. The first-order valence-corrected chi connectivity index (χ1v) is 7.61. The molecule has 0 bridgehead atoms. The van der Waals surface area contributed by atoms with Gasteiger partial charge in [-0.25, -0.2) is 0 Å². The van der Waals surface area contributed by atoms with Crippen LogP contribution in [0.4, 0.5) is 0 Å². The van der Waals surface area contributed by atoms with Gasteiger partial charge in [0.25, 0.3) is 0 Å². The highest BCUT2D eigenvalue weighted by Crippen LogP contribution is 2.32. The number of hydrogen-bond acceptors (Lipinski definition) is 4. The summed E-state index contributed by atoms with van der Waals surface area (Å²) < 4.78 is 5.31. The second kappa shape index (κ2) is 7.25. The monoisotopic (exact) mass is 270 g/mol. The normalized spacial score (nSPS) is 27.8. The van der Waals surface area contributed by atoms with E-state index in [9.17, 15) is 4.79 Å². The molecule has 1 N–H and O–H groups in total. The number of carbonyl (C=O) groups is 1. The Kier molecular flexibility index (Phi) is 6.27. The van der Waals surface area contributed by atoms with Crippen LogP contribution >= 0.6 is 0 Å². The van der Waals surface area contributed by atoms with E-state index in [4.69, 9.17) is 4.74 Å². The van der Waals surface area contributed by atoms with Gasteiger partial charge in [0.15, 0.2) is 0 Å². The molecule has 2 atom stereocenters. The van der Waals surface area contributed by atoms with Gasteiger partial charge in [0, 0.05) is 12.1 Å². The van der Waals surface area contributed by atoms with Crippen LogP contribution in [0.15, 0.2) is 0 Å². The van der Waals surface area contributed by atoms with Crippen LogP contribution in [0.1, 0.15) is 53.4 Å². The predicted molar refractivity (Wildman–Crippen MR) is 78.2 cm³/mol. The lowest BCUT2D eigenvalue weighted by atomic mass is 9.78. The molecule has 0 heterocycles. The molecule has 0 aromatic heterocycles. The molecule has 0 saturated heterocycles. The molecular weight excluding hydrogens is 240 g/mol. The minimum atomic E-state index is -0.475. The fourth-order valence-electron chi connectivity index (χ4n) is 3.04. The Bertz CT molecular complexity index is 290. The molecule has 19 heavy (non-hydrogen) atoms. The van der Waals surface area contributed by atoms with Gasteiger partial charge in [-0.15, -0.1) is 0 Å². The first-order valence-electron chi connectivity index (χ1n) is 7.61. The van der Waals surface area contributed by atoms with E-state index in [1.165, 1.54) is 6.42 Å². The van der Waals surface area contributed by atoms with Crippen molar-refractivity contribution in [3.63, 3.8) is 0 Å². The van der Waals surface area contributed by atoms with Gasteiger partial charge in [0.05, 0.1) is 6.61 Å². The summed E-state index contributed by atoms with van der Waals surface area (Å²) in [5.74, 6) is -0.0706. The van der Waals surface area contributed by atoms with Crippen LogP contribution in [0.25, 0.3) is 0 Å². The van der Waals surface area contributed by atoms with Crippen molar-refractivity contribution < 1.29 is 9.53 Å². The van der Waals surface area contributed by atoms with E-state index in [0.717, 1.165) is 25.8 Å². The molecule has 1 rings (SSSR count). The molecule has 112 valence electrons. The molecule has 0 aliphatic heterocycles. The molecule has 0 aromatic carbocycles. The van der Waals surface area contributed by atoms with Crippen molar-refractivity contribution in [2.24, 2.45) is 0 Å². The van der Waals surface area contributed by atoms with Gasteiger partial charge >= 0.3 is 5.97 Å². The summed E-state index contributed by atoms with van der Waals surface area (Å²) >= 11 is 0. The minimum Gasteiger partial charge on any atom is -0.465 e. The Balaban J connectivity index is 2.83. The molecule has 2 unspecified atom stereocenters. The summed E-state index contributed by atoms with van der Waals surface area (Å²) in [5.41, 5.74) is -0.475. The van der Waals surface area contributed by atoms with E-state index in [-0.39, 0.29) is 5.97 Å². The highest BCUT2D eigenvalue weighted by atomic mass is 16.5. The average molecular weight is 270 g/mol. The molecule has 0 amide bonds. The first-order chi connectivity index (χ1) is 8.96. The van der Waals surface area contributed by atoms with Crippen LogP contribution in [0.2, 0.25) is 0 Å². The van der Waals surface area contributed by atoms with Crippen molar-refractivity contribution in [3.05, 3.63) is 0 Å². The standard InChI is InChI=1S/C15H30N2O2/c1-6-16-15(14(18)19-7-2)10-8-9-13(11-15)17(5)12(3)4/h12-13,16H,6-11H2,1-5H3. The van der Waals surface area contributed by atoms with E-state index < -0.39 is 5.54 Å². The van der Waals surface area contributed by atoms with Crippen molar-refractivity contribution in [2.45, 2.75) is 71.0 Å². The Morgan fingerprint density at radius 3 is 2.68 bits per heavy atom. The Hall–Kier alpha value is -0.610. The topological polar surface area (TPSA) is 41.6 Å². The first kappa shape index (κ1) is 16.4. The van der Waals surface area contributed by atoms with Crippen molar-refractivity contribution in [1.29, 1.82) is 0 Å².